The summed E-state index contributed by atoms with van der Waals surface area (Å²) in [6.07, 6.45) is 0.181. The second kappa shape index (κ2) is 12.4. The Kier molecular flexibility index (Phi) is 9.58. The molecule has 3 N–H and O–H groups in total. The number of fused-ring (bicyclic) bond motifs is 2. The highest BCUT2D eigenvalue weighted by molar-refractivity contribution is 5.46. The number of benzene rings is 3. The van der Waals surface area contributed by atoms with Crippen LogP contribution in [0.1, 0.15) is 47.7 Å². The summed E-state index contributed by atoms with van der Waals surface area (Å²) in [5.41, 5.74) is 7.58. The number of nitrogens with one attached hydrogen (secondary N) is 2. The number of rotatable bonds is 4. The maximum atomic E-state index is 8.81. The predicted octanol–water partition coefficient (Wildman–Crippen LogP) is 4.91. The van der Waals surface area contributed by atoms with Crippen LogP contribution in [0.15, 0.2) is 72.8 Å². The Hall–Kier alpha value is -3.15. The molecule has 158 valence electrons. The van der Waals surface area contributed by atoms with Gasteiger partial charge in [0.25, 0.3) is 0 Å². The molecular formula is C25H30N2O3. The van der Waals surface area contributed by atoms with E-state index in [0.717, 1.165) is 12.3 Å². The molecule has 0 bridgehead atoms. The van der Waals surface area contributed by atoms with Gasteiger partial charge in [0, 0.05) is 12.1 Å². The first-order valence-electron chi connectivity index (χ1n) is 10.1. The number of hydroxylamine groups is 1. The lowest BCUT2D eigenvalue weighted by Crippen LogP contribution is -2.22. The standard InChI is InChI=1S/C22H21NO.C2H6.CH3NO2/c1-16-10-12-17(13-11-16)14-23-22-19-7-3-2-6-18(19)15-24-21-9-5-4-8-20(21)22;1-2;3-1-2-4/h2-13,22-23H,14-15H2,1H3;1-2H3;1,4H,(H,2,3). The molecule has 0 radical (unpaired) electrons. The van der Waals surface area contributed by atoms with E-state index in [2.05, 4.69) is 79.0 Å². The van der Waals surface area contributed by atoms with Gasteiger partial charge in [-0.05, 0) is 29.7 Å². The van der Waals surface area contributed by atoms with Crippen molar-refractivity contribution >= 4 is 6.41 Å². The predicted molar refractivity (Wildman–Crippen MR) is 119 cm³/mol. The van der Waals surface area contributed by atoms with Crippen molar-refractivity contribution in [3.63, 3.8) is 0 Å². The second-order valence-electron chi connectivity index (χ2n) is 6.57. The zero-order valence-electron chi connectivity index (χ0n) is 17.8. The molecule has 0 saturated carbocycles. The van der Waals surface area contributed by atoms with Gasteiger partial charge in [-0.2, -0.15) is 0 Å². The summed E-state index contributed by atoms with van der Waals surface area (Å²) in [5, 5.41) is 11.0. The Morgan fingerprint density at radius 1 is 0.967 bits per heavy atom. The van der Waals surface area contributed by atoms with Crippen molar-refractivity contribution in [2.24, 2.45) is 0 Å². The summed E-state index contributed by atoms with van der Waals surface area (Å²) in [5.74, 6) is 0.968. The third kappa shape index (κ3) is 6.17. The number of amides is 1. The van der Waals surface area contributed by atoms with E-state index in [1.807, 2.05) is 19.9 Å². The lowest BCUT2D eigenvalue weighted by Gasteiger charge is -2.21. The van der Waals surface area contributed by atoms with Crippen LogP contribution in [0.2, 0.25) is 0 Å². The molecule has 1 aliphatic heterocycles. The summed E-state index contributed by atoms with van der Waals surface area (Å²) < 4.78 is 6.03. The van der Waals surface area contributed by atoms with Crippen molar-refractivity contribution in [2.75, 3.05) is 0 Å². The molecule has 0 aromatic heterocycles. The van der Waals surface area contributed by atoms with E-state index in [9.17, 15) is 0 Å². The molecule has 1 aliphatic rings. The van der Waals surface area contributed by atoms with Gasteiger partial charge in [0.2, 0.25) is 6.41 Å². The maximum Gasteiger partial charge on any atom is 0.230 e. The smallest absolute Gasteiger partial charge is 0.230 e. The number of ether oxygens (including phenoxy) is 1. The molecule has 3 aromatic carbocycles. The Morgan fingerprint density at radius 3 is 2.23 bits per heavy atom. The lowest BCUT2D eigenvalue weighted by molar-refractivity contribution is -0.116. The molecule has 1 amide bonds. The van der Waals surface area contributed by atoms with E-state index in [0.29, 0.717) is 6.61 Å². The highest BCUT2D eigenvalue weighted by atomic mass is 16.5. The number of carbonyl (C=O) groups excluding carboxylic acids is 1. The van der Waals surface area contributed by atoms with Gasteiger partial charge in [-0.25, -0.2) is 5.48 Å². The van der Waals surface area contributed by atoms with Crippen molar-refractivity contribution in [3.8, 4) is 5.75 Å². The van der Waals surface area contributed by atoms with Crippen LogP contribution < -0.4 is 15.5 Å². The van der Waals surface area contributed by atoms with Gasteiger partial charge in [0.1, 0.15) is 12.4 Å². The normalized spacial score (nSPS) is 13.5. The summed E-state index contributed by atoms with van der Waals surface area (Å²) >= 11 is 0. The van der Waals surface area contributed by atoms with E-state index >= 15 is 0 Å². The van der Waals surface area contributed by atoms with Crippen molar-refractivity contribution in [1.82, 2.24) is 10.8 Å². The van der Waals surface area contributed by atoms with Crippen LogP contribution in [0, 0.1) is 6.92 Å². The summed E-state index contributed by atoms with van der Waals surface area (Å²) in [4.78, 5) is 8.81. The summed E-state index contributed by atoms with van der Waals surface area (Å²) in [7, 11) is 0. The van der Waals surface area contributed by atoms with Gasteiger partial charge in [0.05, 0.1) is 6.04 Å². The molecule has 5 nitrogen and oxygen atoms in total. The molecule has 0 saturated heterocycles. The van der Waals surface area contributed by atoms with Gasteiger partial charge >= 0.3 is 0 Å². The fraction of sp³-hybridized carbons (Fsp3) is 0.240. The quantitative estimate of drug-likeness (QED) is 0.327. The Labute approximate surface area is 178 Å². The number of carbonyl (C=O) groups is 1. The van der Waals surface area contributed by atoms with Crippen LogP contribution in [0.3, 0.4) is 0 Å². The van der Waals surface area contributed by atoms with E-state index in [-0.39, 0.29) is 12.5 Å². The molecule has 0 spiro atoms. The molecule has 0 fully saturated rings. The SMILES string of the molecule is CC.Cc1ccc(CNC2c3ccccc3COc3ccccc32)cc1.O=CNO. The van der Waals surface area contributed by atoms with Gasteiger partial charge in [-0.3, -0.25) is 10.0 Å². The Bertz CT molecular complexity index is 863. The minimum absolute atomic E-state index is 0.140. The van der Waals surface area contributed by atoms with Gasteiger partial charge in [-0.15, -0.1) is 0 Å². The number of hydrogen-bond donors (Lipinski definition) is 3. The largest absolute Gasteiger partial charge is 0.489 e. The van der Waals surface area contributed by atoms with E-state index in [1.54, 1.807) is 0 Å². The van der Waals surface area contributed by atoms with Crippen molar-refractivity contribution < 1.29 is 14.7 Å². The average molecular weight is 407 g/mol. The molecular weight excluding hydrogens is 376 g/mol. The summed E-state index contributed by atoms with van der Waals surface area (Å²) in [6, 6.07) is 25.7. The van der Waals surface area contributed by atoms with Crippen molar-refractivity contribution in [3.05, 3.63) is 101 Å². The Morgan fingerprint density at radius 2 is 1.57 bits per heavy atom. The van der Waals surface area contributed by atoms with Crippen molar-refractivity contribution in [1.29, 1.82) is 0 Å². The second-order valence-corrected chi connectivity index (χ2v) is 6.57. The van der Waals surface area contributed by atoms with Crippen LogP contribution in [0.4, 0.5) is 0 Å². The van der Waals surface area contributed by atoms with Crippen LogP contribution in [0.25, 0.3) is 0 Å². The molecule has 5 heteroatoms. The van der Waals surface area contributed by atoms with E-state index in [4.69, 9.17) is 14.7 Å². The average Bonchev–Trinajstić information content (AvgIpc) is 2.97. The third-order valence-corrected chi connectivity index (χ3v) is 4.66. The molecule has 1 heterocycles. The van der Waals surface area contributed by atoms with E-state index < -0.39 is 0 Å². The fourth-order valence-corrected chi connectivity index (χ4v) is 3.27. The van der Waals surface area contributed by atoms with Gasteiger partial charge in [0.15, 0.2) is 0 Å². The third-order valence-electron chi connectivity index (χ3n) is 4.66. The first-order chi connectivity index (χ1) is 14.7. The summed E-state index contributed by atoms with van der Waals surface area (Å²) in [6.45, 7) is 7.57. The number of aryl methyl sites for hydroxylation is 1. The van der Waals surface area contributed by atoms with Crippen LogP contribution >= 0.6 is 0 Å². The fourth-order valence-electron chi connectivity index (χ4n) is 3.27. The number of para-hydroxylation sites is 1. The molecule has 3 aromatic rings. The van der Waals surface area contributed by atoms with Gasteiger partial charge in [-0.1, -0.05) is 86.1 Å². The molecule has 0 aliphatic carbocycles. The Balaban J connectivity index is 0.000000481. The number of hydrogen-bond acceptors (Lipinski definition) is 4. The molecule has 1 unspecified atom stereocenters. The maximum absolute atomic E-state index is 8.81. The minimum atomic E-state index is 0.140. The first kappa shape index (κ1) is 23.1. The van der Waals surface area contributed by atoms with E-state index in [1.165, 1.54) is 33.3 Å². The monoisotopic (exact) mass is 406 g/mol. The highest BCUT2D eigenvalue weighted by Gasteiger charge is 2.23. The van der Waals surface area contributed by atoms with Crippen LogP contribution in [-0.2, 0) is 17.9 Å². The molecule has 4 rings (SSSR count). The van der Waals surface area contributed by atoms with Crippen LogP contribution in [0.5, 0.6) is 5.75 Å². The molecule has 1 atom stereocenters. The minimum Gasteiger partial charge on any atom is -0.489 e. The molecule has 30 heavy (non-hydrogen) atoms. The van der Waals surface area contributed by atoms with Crippen LogP contribution in [-0.4, -0.2) is 11.6 Å². The lowest BCUT2D eigenvalue weighted by atomic mass is 9.94. The highest BCUT2D eigenvalue weighted by Crippen LogP contribution is 2.35. The van der Waals surface area contributed by atoms with Crippen molar-refractivity contribution in [2.45, 2.75) is 40.0 Å². The zero-order valence-corrected chi connectivity index (χ0v) is 17.8. The zero-order chi connectivity index (χ0) is 21.8. The topological polar surface area (TPSA) is 70.6 Å². The first-order valence-corrected chi connectivity index (χ1v) is 10.1. The van der Waals surface area contributed by atoms with Gasteiger partial charge < -0.3 is 10.1 Å².